The van der Waals surface area contributed by atoms with Crippen LogP contribution in [0.2, 0.25) is 5.02 Å². The number of carbonyl (C=O) groups is 1. The molecule has 0 atom stereocenters. The smallest absolute Gasteiger partial charge is 0.226 e. The maximum absolute atomic E-state index is 13.5. The Morgan fingerprint density at radius 3 is 2.67 bits per heavy atom. The number of hydrogen-bond acceptors (Lipinski definition) is 2. The monoisotopic (exact) mass is 268 g/mol. The summed E-state index contributed by atoms with van der Waals surface area (Å²) < 4.78 is 13.5. The number of fused-ring (bicyclic) bond motifs is 1. The molecule has 3 rings (SSSR count). The van der Waals surface area contributed by atoms with E-state index in [0.29, 0.717) is 17.8 Å². The van der Waals surface area contributed by atoms with E-state index in [9.17, 15) is 9.18 Å². The number of halogens is 2. The summed E-state index contributed by atoms with van der Waals surface area (Å²) >= 11 is 5.74. The van der Waals surface area contributed by atoms with Gasteiger partial charge in [0.2, 0.25) is 5.91 Å². The van der Waals surface area contributed by atoms with E-state index < -0.39 is 5.82 Å². The second-order valence-corrected chi connectivity index (χ2v) is 5.56. The van der Waals surface area contributed by atoms with Gasteiger partial charge in [-0.15, -0.1) is 0 Å². The molecule has 18 heavy (non-hydrogen) atoms. The van der Waals surface area contributed by atoms with Gasteiger partial charge in [-0.3, -0.25) is 4.79 Å². The molecular weight excluding hydrogens is 255 g/mol. The van der Waals surface area contributed by atoms with E-state index >= 15 is 0 Å². The topological polar surface area (TPSA) is 41.1 Å². The normalized spacial score (nSPS) is 21.1. The minimum atomic E-state index is -0.466. The zero-order valence-corrected chi connectivity index (χ0v) is 10.6. The molecule has 0 aromatic heterocycles. The van der Waals surface area contributed by atoms with Crippen LogP contribution in [0.5, 0.6) is 0 Å². The standard InChI is InChI=1S/C13H14ClFN2O/c14-8-5-10-11(6-9(8)15)17-13(3-1-2-4-13)7-12(18)16-10/h5-6,17H,1-4,7H2,(H,16,18). The molecule has 3 nitrogen and oxygen atoms in total. The van der Waals surface area contributed by atoms with E-state index in [0.717, 1.165) is 25.7 Å². The first kappa shape index (κ1) is 11.8. The van der Waals surface area contributed by atoms with Crippen molar-refractivity contribution in [3.8, 4) is 0 Å². The molecule has 1 heterocycles. The Balaban J connectivity index is 2.05. The largest absolute Gasteiger partial charge is 0.377 e. The third kappa shape index (κ3) is 1.94. The average Bonchev–Trinajstić information content (AvgIpc) is 2.68. The fourth-order valence-electron chi connectivity index (χ4n) is 2.94. The van der Waals surface area contributed by atoms with Crippen LogP contribution in [0.4, 0.5) is 15.8 Å². The summed E-state index contributed by atoms with van der Waals surface area (Å²) in [5, 5.41) is 6.17. The molecule has 96 valence electrons. The summed E-state index contributed by atoms with van der Waals surface area (Å²) in [6.45, 7) is 0. The van der Waals surface area contributed by atoms with Gasteiger partial charge in [-0.05, 0) is 18.9 Å². The molecule has 1 saturated carbocycles. The fourth-order valence-corrected chi connectivity index (χ4v) is 3.10. The van der Waals surface area contributed by atoms with Gasteiger partial charge >= 0.3 is 0 Å². The number of anilines is 2. The summed E-state index contributed by atoms with van der Waals surface area (Å²) in [4.78, 5) is 11.9. The molecule has 1 fully saturated rings. The van der Waals surface area contributed by atoms with Gasteiger partial charge in [0, 0.05) is 18.0 Å². The van der Waals surface area contributed by atoms with Crippen LogP contribution in [0.3, 0.4) is 0 Å². The van der Waals surface area contributed by atoms with Gasteiger partial charge in [0.15, 0.2) is 0 Å². The highest BCUT2D eigenvalue weighted by Gasteiger charge is 2.38. The summed E-state index contributed by atoms with van der Waals surface area (Å²) in [7, 11) is 0. The molecule has 1 amide bonds. The molecule has 2 N–H and O–H groups in total. The van der Waals surface area contributed by atoms with Gasteiger partial charge in [-0.25, -0.2) is 4.39 Å². The summed E-state index contributed by atoms with van der Waals surface area (Å²) in [5.74, 6) is -0.502. The van der Waals surface area contributed by atoms with Gasteiger partial charge in [0.25, 0.3) is 0 Å². The zero-order valence-electron chi connectivity index (χ0n) is 9.85. The van der Waals surface area contributed by atoms with Crippen LogP contribution in [0.1, 0.15) is 32.1 Å². The summed E-state index contributed by atoms with van der Waals surface area (Å²) in [6.07, 6.45) is 4.53. The Labute approximate surface area is 110 Å². The van der Waals surface area contributed by atoms with Gasteiger partial charge in [-0.2, -0.15) is 0 Å². The summed E-state index contributed by atoms with van der Waals surface area (Å²) in [5.41, 5.74) is 0.982. The Kier molecular flexibility index (Phi) is 2.70. The lowest BCUT2D eigenvalue weighted by atomic mass is 9.93. The molecule has 0 unspecified atom stereocenters. The Bertz CT molecular complexity index is 512. The van der Waals surface area contributed by atoms with Crippen molar-refractivity contribution in [2.75, 3.05) is 10.6 Å². The van der Waals surface area contributed by atoms with Crippen LogP contribution in [-0.4, -0.2) is 11.4 Å². The molecule has 1 spiro atoms. The molecular formula is C13H14ClFN2O. The maximum atomic E-state index is 13.5. The molecule has 1 aromatic carbocycles. The lowest BCUT2D eigenvalue weighted by Crippen LogP contribution is -2.36. The number of amides is 1. The maximum Gasteiger partial charge on any atom is 0.226 e. The minimum Gasteiger partial charge on any atom is -0.377 e. The van der Waals surface area contributed by atoms with Crippen molar-refractivity contribution in [3.05, 3.63) is 23.0 Å². The number of benzene rings is 1. The van der Waals surface area contributed by atoms with Crippen LogP contribution in [0.15, 0.2) is 12.1 Å². The van der Waals surface area contributed by atoms with E-state index in [1.807, 2.05) is 0 Å². The van der Waals surface area contributed by atoms with Crippen LogP contribution in [-0.2, 0) is 4.79 Å². The minimum absolute atomic E-state index is 0.0261. The number of carbonyl (C=O) groups excluding carboxylic acids is 1. The summed E-state index contributed by atoms with van der Waals surface area (Å²) in [6, 6.07) is 2.83. The van der Waals surface area contributed by atoms with Crippen molar-refractivity contribution in [1.29, 1.82) is 0 Å². The SMILES string of the molecule is O=C1CC2(CCCC2)Nc2cc(F)c(Cl)cc2N1. The van der Waals surface area contributed by atoms with E-state index in [-0.39, 0.29) is 16.5 Å². The number of hydrogen-bond donors (Lipinski definition) is 2. The van der Waals surface area contributed by atoms with Crippen molar-refractivity contribution < 1.29 is 9.18 Å². The zero-order chi connectivity index (χ0) is 12.8. The first-order valence-electron chi connectivity index (χ1n) is 6.15. The first-order valence-corrected chi connectivity index (χ1v) is 6.53. The highest BCUT2D eigenvalue weighted by atomic mass is 35.5. The molecule has 1 aliphatic heterocycles. The molecule has 5 heteroatoms. The van der Waals surface area contributed by atoms with E-state index in [2.05, 4.69) is 10.6 Å². The predicted octanol–water partition coefficient (Wildman–Crippen LogP) is 3.55. The quantitative estimate of drug-likeness (QED) is 0.756. The Morgan fingerprint density at radius 1 is 1.22 bits per heavy atom. The van der Waals surface area contributed by atoms with Crippen molar-refractivity contribution in [2.24, 2.45) is 0 Å². The molecule has 0 saturated heterocycles. The second-order valence-electron chi connectivity index (χ2n) is 5.15. The molecule has 0 bridgehead atoms. The first-order chi connectivity index (χ1) is 8.58. The lowest BCUT2D eigenvalue weighted by molar-refractivity contribution is -0.117. The number of nitrogens with one attached hydrogen (secondary N) is 2. The molecule has 0 radical (unpaired) electrons. The highest BCUT2D eigenvalue weighted by molar-refractivity contribution is 6.31. The molecule has 1 aliphatic carbocycles. The van der Waals surface area contributed by atoms with Gasteiger partial charge in [-0.1, -0.05) is 24.4 Å². The lowest BCUT2D eigenvalue weighted by Gasteiger charge is -2.28. The van der Waals surface area contributed by atoms with Crippen LogP contribution in [0.25, 0.3) is 0 Å². The van der Waals surface area contributed by atoms with Crippen LogP contribution < -0.4 is 10.6 Å². The third-order valence-electron chi connectivity index (χ3n) is 3.79. The number of rotatable bonds is 0. The van der Waals surface area contributed by atoms with Crippen molar-refractivity contribution in [3.63, 3.8) is 0 Å². The molecule has 1 aromatic rings. The third-order valence-corrected chi connectivity index (χ3v) is 4.08. The Hall–Kier alpha value is -1.29. The van der Waals surface area contributed by atoms with Gasteiger partial charge in [0.05, 0.1) is 16.4 Å². The van der Waals surface area contributed by atoms with Crippen LogP contribution >= 0.6 is 11.6 Å². The predicted molar refractivity (Wildman–Crippen MR) is 69.5 cm³/mol. The average molecular weight is 269 g/mol. The van der Waals surface area contributed by atoms with Crippen molar-refractivity contribution in [1.82, 2.24) is 0 Å². The van der Waals surface area contributed by atoms with Crippen LogP contribution in [0, 0.1) is 5.82 Å². The van der Waals surface area contributed by atoms with E-state index in [1.165, 1.54) is 12.1 Å². The van der Waals surface area contributed by atoms with Gasteiger partial charge in [0.1, 0.15) is 5.82 Å². The van der Waals surface area contributed by atoms with E-state index in [4.69, 9.17) is 11.6 Å². The second kappa shape index (κ2) is 4.12. The molecule has 2 aliphatic rings. The Morgan fingerprint density at radius 2 is 1.94 bits per heavy atom. The van der Waals surface area contributed by atoms with E-state index in [1.54, 1.807) is 0 Å². The fraction of sp³-hybridized carbons (Fsp3) is 0.462. The van der Waals surface area contributed by atoms with Crippen molar-refractivity contribution >= 4 is 28.9 Å². The van der Waals surface area contributed by atoms with Crippen molar-refractivity contribution in [2.45, 2.75) is 37.6 Å². The van der Waals surface area contributed by atoms with Gasteiger partial charge < -0.3 is 10.6 Å². The highest BCUT2D eigenvalue weighted by Crippen LogP contribution is 2.41.